The number of carboxylic acid groups (broad SMARTS) is 1. The zero-order valence-corrected chi connectivity index (χ0v) is 9.56. The van der Waals surface area contributed by atoms with Crippen LogP contribution in [0.25, 0.3) is 10.4 Å². The first kappa shape index (κ1) is 9.66. The minimum atomic E-state index is -0.845. The van der Waals surface area contributed by atoms with Crippen molar-refractivity contribution in [3.8, 4) is 10.4 Å². The summed E-state index contributed by atoms with van der Waals surface area (Å²) in [6.07, 6.45) is 3.49. The van der Waals surface area contributed by atoms with Crippen LogP contribution in [0.3, 0.4) is 0 Å². The molecule has 0 saturated heterocycles. The first-order valence-corrected chi connectivity index (χ1v) is 5.92. The highest BCUT2D eigenvalue weighted by atomic mass is 32.1. The summed E-state index contributed by atoms with van der Waals surface area (Å²) in [7, 11) is 0. The van der Waals surface area contributed by atoms with Crippen LogP contribution in [-0.2, 0) is 12.8 Å². The van der Waals surface area contributed by atoms with E-state index < -0.39 is 5.97 Å². The van der Waals surface area contributed by atoms with Gasteiger partial charge in [0.05, 0.1) is 6.26 Å². The van der Waals surface area contributed by atoms with Crippen molar-refractivity contribution >= 4 is 17.3 Å². The Balaban J connectivity index is 2.23. The van der Waals surface area contributed by atoms with Gasteiger partial charge in [0.2, 0.25) is 0 Å². The predicted molar refractivity (Wildman–Crippen MR) is 61.1 cm³/mol. The minimum absolute atomic E-state index is 0.415. The van der Waals surface area contributed by atoms with Crippen LogP contribution < -0.4 is 0 Å². The quantitative estimate of drug-likeness (QED) is 0.824. The fraction of sp³-hybridized carbons (Fsp3) is 0.250. The third-order valence-electron chi connectivity index (χ3n) is 2.92. The molecule has 3 rings (SSSR count). The van der Waals surface area contributed by atoms with Crippen LogP contribution in [-0.4, -0.2) is 11.1 Å². The Hall–Kier alpha value is -1.55. The summed E-state index contributed by atoms with van der Waals surface area (Å²) < 4.78 is 5.47. The van der Waals surface area contributed by atoms with Gasteiger partial charge in [0.15, 0.2) is 0 Å². The lowest BCUT2D eigenvalue weighted by molar-refractivity contribution is 0.0702. The number of carboxylic acids is 1. The van der Waals surface area contributed by atoms with E-state index in [4.69, 9.17) is 9.52 Å². The second-order valence-electron chi connectivity index (χ2n) is 3.99. The van der Waals surface area contributed by atoms with E-state index in [-0.39, 0.29) is 0 Å². The van der Waals surface area contributed by atoms with Crippen LogP contribution >= 0.6 is 11.3 Å². The summed E-state index contributed by atoms with van der Waals surface area (Å²) in [5.41, 5.74) is 3.34. The molecule has 4 heteroatoms. The molecular weight excluding hydrogens is 224 g/mol. The molecule has 0 aliphatic heterocycles. The maximum absolute atomic E-state index is 10.9. The lowest BCUT2D eigenvalue weighted by Gasteiger charge is -2.10. The molecule has 2 heterocycles. The molecule has 1 aliphatic carbocycles. The summed E-state index contributed by atoms with van der Waals surface area (Å²) in [5, 5.41) is 8.99. The van der Waals surface area contributed by atoms with E-state index in [0.29, 0.717) is 4.88 Å². The van der Waals surface area contributed by atoms with E-state index in [1.165, 1.54) is 11.3 Å². The summed E-state index contributed by atoms with van der Waals surface area (Å²) in [4.78, 5) is 12.4. The second kappa shape index (κ2) is 3.22. The normalized spacial score (nSPS) is 13.3. The number of hydrogen-bond acceptors (Lipinski definition) is 3. The molecule has 2 aromatic rings. The van der Waals surface area contributed by atoms with E-state index in [1.54, 1.807) is 12.3 Å². The SMILES string of the molecule is Cc1coc2c1-c1sc(C(=O)O)cc1CC2. The van der Waals surface area contributed by atoms with Crippen molar-refractivity contribution in [1.82, 2.24) is 0 Å². The molecule has 0 fully saturated rings. The summed E-state index contributed by atoms with van der Waals surface area (Å²) >= 11 is 1.35. The van der Waals surface area contributed by atoms with Gasteiger partial charge in [-0.1, -0.05) is 0 Å². The zero-order chi connectivity index (χ0) is 11.3. The minimum Gasteiger partial charge on any atom is -0.477 e. The molecule has 1 aliphatic rings. The van der Waals surface area contributed by atoms with Crippen molar-refractivity contribution in [3.63, 3.8) is 0 Å². The fourth-order valence-corrected chi connectivity index (χ4v) is 3.34. The molecule has 0 unspecified atom stereocenters. The Morgan fingerprint density at radius 1 is 1.50 bits per heavy atom. The highest BCUT2D eigenvalue weighted by Crippen LogP contribution is 2.42. The molecule has 1 N–H and O–H groups in total. The van der Waals surface area contributed by atoms with E-state index >= 15 is 0 Å². The molecule has 2 aromatic heterocycles. The first-order valence-electron chi connectivity index (χ1n) is 5.10. The van der Waals surface area contributed by atoms with Crippen LogP contribution in [0.5, 0.6) is 0 Å². The van der Waals surface area contributed by atoms with Gasteiger partial charge in [-0.05, 0) is 30.5 Å². The Morgan fingerprint density at radius 3 is 3.06 bits per heavy atom. The number of rotatable bonds is 1. The van der Waals surface area contributed by atoms with Crippen LogP contribution in [0.4, 0.5) is 0 Å². The smallest absolute Gasteiger partial charge is 0.345 e. The zero-order valence-electron chi connectivity index (χ0n) is 8.74. The van der Waals surface area contributed by atoms with Crippen molar-refractivity contribution in [2.75, 3.05) is 0 Å². The van der Waals surface area contributed by atoms with Gasteiger partial charge in [0, 0.05) is 16.9 Å². The lowest BCUT2D eigenvalue weighted by atomic mass is 9.95. The van der Waals surface area contributed by atoms with Gasteiger partial charge in [-0.2, -0.15) is 0 Å². The van der Waals surface area contributed by atoms with Gasteiger partial charge >= 0.3 is 5.97 Å². The topological polar surface area (TPSA) is 50.4 Å². The number of aromatic carboxylic acids is 1. The summed E-state index contributed by atoms with van der Waals surface area (Å²) in [6.45, 7) is 2.00. The summed E-state index contributed by atoms with van der Waals surface area (Å²) in [5.74, 6) is 0.144. The van der Waals surface area contributed by atoms with E-state index in [2.05, 4.69) is 0 Å². The number of fused-ring (bicyclic) bond motifs is 3. The molecule has 16 heavy (non-hydrogen) atoms. The molecule has 0 radical (unpaired) electrons. The first-order chi connectivity index (χ1) is 7.66. The number of hydrogen-bond donors (Lipinski definition) is 1. The van der Waals surface area contributed by atoms with Crippen molar-refractivity contribution in [2.45, 2.75) is 19.8 Å². The fourth-order valence-electron chi connectivity index (χ4n) is 2.17. The lowest BCUT2D eigenvalue weighted by Crippen LogP contribution is -1.98. The van der Waals surface area contributed by atoms with E-state index in [1.807, 2.05) is 6.92 Å². The molecule has 0 spiro atoms. The van der Waals surface area contributed by atoms with Gasteiger partial charge in [-0.15, -0.1) is 11.3 Å². The molecule has 0 saturated carbocycles. The van der Waals surface area contributed by atoms with Crippen molar-refractivity contribution in [3.05, 3.63) is 34.1 Å². The van der Waals surface area contributed by atoms with E-state index in [0.717, 1.165) is 40.2 Å². The monoisotopic (exact) mass is 234 g/mol. The molecule has 0 aromatic carbocycles. The molecule has 0 atom stereocenters. The average Bonchev–Trinajstić information content (AvgIpc) is 2.81. The van der Waals surface area contributed by atoms with Crippen LogP contribution in [0.2, 0.25) is 0 Å². The number of aryl methyl sites for hydroxylation is 3. The van der Waals surface area contributed by atoms with E-state index in [9.17, 15) is 4.79 Å². The predicted octanol–water partition coefficient (Wildman–Crippen LogP) is 3.11. The second-order valence-corrected chi connectivity index (χ2v) is 5.04. The molecule has 3 nitrogen and oxygen atoms in total. The third kappa shape index (κ3) is 1.23. The Kier molecular flexibility index (Phi) is 1.94. The van der Waals surface area contributed by atoms with Crippen molar-refractivity contribution in [2.24, 2.45) is 0 Å². The number of thiophene rings is 1. The van der Waals surface area contributed by atoms with Gasteiger partial charge < -0.3 is 9.52 Å². The van der Waals surface area contributed by atoms with Crippen LogP contribution in [0, 0.1) is 6.92 Å². The van der Waals surface area contributed by atoms with Crippen molar-refractivity contribution in [1.29, 1.82) is 0 Å². The Bertz CT molecular complexity index is 577. The number of carbonyl (C=O) groups is 1. The van der Waals surface area contributed by atoms with Gasteiger partial charge in [-0.3, -0.25) is 0 Å². The number of furan rings is 1. The Morgan fingerprint density at radius 2 is 2.31 bits per heavy atom. The summed E-state index contributed by atoms with van der Waals surface area (Å²) in [6, 6.07) is 1.79. The van der Waals surface area contributed by atoms with Gasteiger partial charge in [-0.25, -0.2) is 4.79 Å². The van der Waals surface area contributed by atoms with Gasteiger partial charge in [0.1, 0.15) is 10.6 Å². The van der Waals surface area contributed by atoms with Gasteiger partial charge in [0.25, 0.3) is 0 Å². The Labute approximate surface area is 96.3 Å². The molecule has 82 valence electrons. The molecule has 0 bridgehead atoms. The third-order valence-corrected chi connectivity index (χ3v) is 4.10. The highest BCUT2D eigenvalue weighted by molar-refractivity contribution is 7.17. The van der Waals surface area contributed by atoms with Crippen LogP contribution in [0.1, 0.15) is 26.6 Å². The maximum Gasteiger partial charge on any atom is 0.345 e. The largest absolute Gasteiger partial charge is 0.477 e. The van der Waals surface area contributed by atoms with Crippen LogP contribution in [0.15, 0.2) is 16.7 Å². The highest BCUT2D eigenvalue weighted by Gasteiger charge is 2.25. The molecular formula is C12H10O3S. The maximum atomic E-state index is 10.9. The molecule has 0 amide bonds. The standard InChI is InChI=1S/C12H10O3S/c1-6-5-15-8-3-2-7-4-9(12(13)14)16-11(7)10(6)8/h4-5H,2-3H2,1H3,(H,13,14). The van der Waals surface area contributed by atoms with Crippen molar-refractivity contribution < 1.29 is 14.3 Å². The average molecular weight is 234 g/mol.